The van der Waals surface area contributed by atoms with Crippen LogP contribution in [0.25, 0.3) is 0 Å². The summed E-state index contributed by atoms with van der Waals surface area (Å²) < 4.78 is 5.38. The summed E-state index contributed by atoms with van der Waals surface area (Å²) in [4.78, 5) is 0. The summed E-state index contributed by atoms with van der Waals surface area (Å²) in [6.45, 7) is 3.12. The molecule has 1 saturated carbocycles. The minimum atomic E-state index is 0.559. The second kappa shape index (κ2) is 7.16. The molecule has 1 fully saturated rings. The van der Waals surface area contributed by atoms with E-state index in [0.29, 0.717) is 6.04 Å². The van der Waals surface area contributed by atoms with E-state index in [1.165, 1.54) is 32.1 Å². The van der Waals surface area contributed by atoms with Gasteiger partial charge in [0.15, 0.2) is 0 Å². The van der Waals surface area contributed by atoms with Gasteiger partial charge in [0.05, 0.1) is 7.11 Å². The van der Waals surface area contributed by atoms with Crippen LogP contribution in [0.5, 0.6) is 5.75 Å². The lowest BCUT2D eigenvalue weighted by molar-refractivity contribution is 0.279. The van der Waals surface area contributed by atoms with Gasteiger partial charge in [-0.3, -0.25) is 0 Å². The summed E-state index contributed by atoms with van der Waals surface area (Å²) in [7, 11) is 1.71. The topological polar surface area (TPSA) is 21.3 Å². The van der Waals surface area contributed by atoms with Crippen LogP contribution in [0.2, 0.25) is 5.02 Å². The normalized spacial score (nSPS) is 18.3. The Kier molecular flexibility index (Phi) is 5.53. The molecule has 3 heteroatoms. The Morgan fingerprint density at radius 1 is 1.32 bits per heavy atom. The molecule has 0 amide bonds. The van der Waals surface area contributed by atoms with E-state index in [4.69, 9.17) is 16.3 Å². The van der Waals surface area contributed by atoms with Crippen LogP contribution < -0.4 is 10.1 Å². The SMILES string of the molecule is COc1ccc(Cl)cc1CNC(C)C1CCCCC1. The van der Waals surface area contributed by atoms with Crippen molar-refractivity contribution in [3.8, 4) is 5.75 Å². The molecular formula is C16H24ClNO. The highest BCUT2D eigenvalue weighted by Crippen LogP contribution is 2.27. The van der Waals surface area contributed by atoms with Gasteiger partial charge >= 0.3 is 0 Å². The van der Waals surface area contributed by atoms with Crippen molar-refractivity contribution in [2.75, 3.05) is 7.11 Å². The fraction of sp³-hybridized carbons (Fsp3) is 0.625. The Morgan fingerprint density at radius 3 is 2.74 bits per heavy atom. The quantitative estimate of drug-likeness (QED) is 0.863. The highest BCUT2D eigenvalue weighted by Gasteiger charge is 2.19. The molecule has 2 rings (SSSR count). The van der Waals surface area contributed by atoms with E-state index in [-0.39, 0.29) is 0 Å². The van der Waals surface area contributed by atoms with Crippen LogP contribution in [0.4, 0.5) is 0 Å². The van der Waals surface area contributed by atoms with Gasteiger partial charge in [0.25, 0.3) is 0 Å². The highest BCUT2D eigenvalue weighted by atomic mass is 35.5. The van der Waals surface area contributed by atoms with Crippen LogP contribution in [0, 0.1) is 5.92 Å². The van der Waals surface area contributed by atoms with E-state index in [9.17, 15) is 0 Å². The van der Waals surface area contributed by atoms with E-state index in [2.05, 4.69) is 12.2 Å². The van der Waals surface area contributed by atoms with Crippen LogP contribution in [-0.4, -0.2) is 13.2 Å². The number of methoxy groups -OCH3 is 1. The Bertz CT molecular complexity index is 402. The van der Waals surface area contributed by atoms with Gasteiger partial charge in [-0.05, 0) is 43.9 Å². The van der Waals surface area contributed by atoms with Gasteiger partial charge in [-0.15, -0.1) is 0 Å². The van der Waals surface area contributed by atoms with Gasteiger partial charge in [-0.1, -0.05) is 30.9 Å². The molecule has 0 aromatic heterocycles. The molecule has 0 spiro atoms. The third-order valence-electron chi connectivity index (χ3n) is 4.21. The zero-order chi connectivity index (χ0) is 13.7. The molecule has 106 valence electrons. The number of nitrogens with one attached hydrogen (secondary N) is 1. The summed E-state index contributed by atoms with van der Waals surface area (Å²) in [5.41, 5.74) is 1.14. The maximum absolute atomic E-state index is 6.05. The average molecular weight is 282 g/mol. The molecule has 0 aliphatic heterocycles. The molecule has 1 atom stereocenters. The largest absolute Gasteiger partial charge is 0.496 e. The number of benzene rings is 1. The summed E-state index contributed by atoms with van der Waals surface area (Å²) in [5.74, 6) is 1.73. The maximum atomic E-state index is 6.05. The van der Waals surface area contributed by atoms with Crippen molar-refractivity contribution in [2.45, 2.75) is 51.6 Å². The number of ether oxygens (including phenoxy) is 1. The molecule has 1 aliphatic carbocycles. The van der Waals surface area contributed by atoms with Gasteiger partial charge < -0.3 is 10.1 Å². The Labute approximate surface area is 121 Å². The lowest BCUT2D eigenvalue weighted by Crippen LogP contribution is -2.34. The monoisotopic (exact) mass is 281 g/mol. The first-order valence-corrected chi connectivity index (χ1v) is 7.64. The van der Waals surface area contributed by atoms with E-state index >= 15 is 0 Å². The molecule has 1 aromatic carbocycles. The van der Waals surface area contributed by atoms with Gasteiger partial charge in [-0.2, -0.15) is 0 Å². The molecule has 0 saturated heterocycles. The second-order valence-corrected chi connectivity index (χ2v) is 5.96. The minimum absolute atomic E-state index is 0.559. The number of hydrogen-bond donors (Lipinski definition) is 1. The lowest BCUT2D eigenvalue weighted by Gasteiger charge is -2.28. The molecule has 0 bridgehead atoms. The van der Waals surface area contributed by atoms with Crippen molar-refractivity contribution < 1.29 is 4.74 Å². The fourth-order valence-corrected chi connectivity index (χ4v) is 3.15. The van der Waals surface area contributed by atoms with Crippen LogP contribution in [-0.2, 0) is 6.54 Å². The maximum Gasteiger partial charge on any atom is 0.123 e. The zero-order valence-corrected chi connectivity index (χ0v) is 12.7. The van der Waals surface area contributed by atoms with Gasteiger partial charge in [0, 0.05) is 23.2 Å². The summed E-state index contributed by atoms with van der Waals surface area (Å²) in [6, 6.07) is 6.35. The Balaban J connectivity index is 1.92. The number of rotatable bonds is 5. The van der Waals surface area contributed by atoms with Gasteiger partial charge in [-0.25, -0.2) is 0 Å². The predicted octanol–water partition coefficient (Wildman–Crippen LogP) is 4.41. The fourth-order valence-electron chi connectivity index (χ4n) is 2.96. The van der Waals surface area contributed by atoms with Crippen molar-refractivity contribution in [1.82, 2.24) is 5.32 Å². The molecule has 1 N–H and O–H groups in total. The van der Waals surface area contributed by atoms with Gasteiger partial charge in [0.1, 0.15) is 5.75 Å². The zero-order valence-electron chi connectivity index (χ0n) is 11.9. The Morgan fingerprint density at radius 2 is 2.05 bits per heavy atom. The highest BCUT2D eigenvalue weighted by molar-refractivity contribution is 6.30. The second-order valence-electron chi connectivity index (χ2n) is 5.52. The molecule has 1 aromatic rings. The molecule has 1 aliphatic rings. The molecule has 1 unspecified atom stereocenters. The average Bonchev–Trinajstić information content (AvgIpc) is 2.46. The van der Waals surface area contributed by atoms with Crippen LogP contribution >= 0.6 is 11.6 Å². The summed E-state index contributed by atoms with van der Waals surface area (Å²) >= 11 is 6.05. The molecule has 2 nitrogen and oxygen atoms in total. The van der Waals surface area contributed by atoms with E-state index in [1.807, 2.05) is 18.2 Å². The lowest BCUT2D eigenvalue weighted by atomic mass is 9.84. The van der Waals surface area contributed by atoms with Crippen LogP contribution in [0.3, 0.4) is 0 Å². The van der Waals surface area contributed by atoms with Crippen molar-refractivity contribution in [3.63, 3.8) is 0 Å². The van der Waals surface area contributed by atoms with Crippen LogP contribution in [0.1, 0.15) is 44.6 Å². The standard InChI is InChI=1S/C16H24ClNO/c1-12(13-6-4-3-5-7-13)18-11-14-10-15(17)8-9-16(14)19-2/h8-10,12-13,18H,3-7,11H2,1-2H3. The number of hydrogen-bond acceptors (Lipinski definition) is 2. The first kappa shape index (κ1) is 14.7. The summed E-state index contributed by atoms with van der Waals surface area (Å²) in [6.07, 6.45) is 6.90. The first-order chi connectivity index (χ1) is 9.20. The first-order valence-electron chi connectivity index (χ1n) is 7.26. The molecular weight excluding hydrogens is 258 g/mol. The third-order valence-corrected chi connectivity index (χ3v) is 4.45. The van der Waals surface area contributed by atoms with E-state index in [0.717, 1.165) is 28.8 Å². The van der Waals surface area contributed by atoms with Crippen molar-refractivity contribution >= 4 is 11.6 Å². The smallest absolute Gasteiger partial charge is 0.123 e. The molecule has 19 heavy (non-hydrogen) atoms. The predicted molar refractivity (Wildman–Crippen MR) is 80.9 cm³/mol. The third kappa shape index (κ3) is 4.12. The summed E-state index contributed by atoms with van der Waals surface area (Å²) in [5, 5.41) is 4.40. The molecule has 0 radical (unpaired) electrons. The number of halogens is 1. The Hall–Kier alpha value is -0.730. The van der Waals surface area contributed by atoms with E-state index in [1.54, 1.807) is 7.11 Å². The van der Waals surface area contributed by atoms with Crippen molar-refractivity contribution in [3.05, 3.63) is 28.8 Å². The molecule has 0 heterocycles. The van der Waals surface area contributed by atoms with Crippen molar-refractivity contribution in [1.29, 1.82) is 0 Å². The van der Waals surface area contributed by atoms with Crippen LogP contribution in [0.15, 0.2) is 18.2 Å². The minimum Gasteiger partial charge on any atom is -0.496 e. The van der Waals surface area contributed by atoms with E-state index < -0.39 is 0 Å². The van der Waals surface area contributed by atoms with Gasteiger partial charge in [0.2, 0.25) is 0 Å². The van der Waals surface area contributed by atoms with Crippen molar-refractivity contribution in [2.24, 2.45) is 5.92 Å².